The lowest BCUT2D eigenvalue weighted by molar-refractivity contribution is 0.199. The molecule has 1 aromatic carbocycles. The molecule has 0 aliphatic carbocycles. The van der Waals surface area contributed by atoms with E-state index in [1.54, 1.807) is 7.11 Å². The summed E-state index contributed by atoms with van der Waals surface area (Å²) in [5.41, 5.74) is 2.38. The summed E-state index contributed by atoms with van der Waals surface area (Å²) in [6.45, 7) is 4.72. The zero-order valence-electron chi connectivity index (χ0n) is 11.5. The predicted octanol–water partition coefficient (Wildman–Crippen LogP) is 4.11. The molecule has 1 rings (SSSR count). The molecule has 0 bridgehead atoms. The van der Waals surface area contributed by atoms with Crippen molar-refractivity contribution in [1.82, 2.24) is 5.32 Å². The maximum Gasteiger partial charge on any atom is 0.0627 e. The third kappa shape index (κ3) is 6.44. The molecule has 0 amide bonds. The molecule has 0 saturated heterocycles. The fourth-order valence-corrected chi connectivity index (χ4v) is 2.16. The topological polar surface area (TPSA) is 21.3 Å². The summed E-state index contributed by atoms with van der Waals surface area (Å²) in [4.78, 5) is 0. The third-order valence-electron chi connectivity index (χ3n) is 2.80. The van der Waals surface area contributed by atoms with Gasteiger partial charge in [-0.25, -0.2) is 0 Å². The first-order valence-corrected chi connectivity index (χ1v) is 7.19. The van der Waals surface area contributed by atoms with Gasteiger partial charge in [-0.2, -0.15) is 0 Å². The number of hydrogen-bond donors (Lipinski definition) is 1. The number of allylic oxidation sites excluding steroid dienone is 1. The van der Waals surface area contributed by atoms with Crippen molar-refractivity contribution in [2.75, 3.05) is 26.8 Å². The number of rotatable bonds is 8. The van der Waals surface area contributed by atoms with Crippen molar-refractivity contribution in [3.8, 4) is 0 Å². The van der Waals surface area contributed by atoms with Crippen LogP contribution in [0.5, 0.6) is 0 Å². The van der Waals surface area contributed by atoms with Crippen LogP contribution in [0.3, 0.4) is 0 Å². The number of halogens is 2. The Balaban J connectivity index is 2.37. The first-order valence-electron chi connectivity index (χ1n) is 6.43. The highest BCUT2D eigenvalue weighted by Crippen LogP contribution is 2.27. The molecule has 106 valence electrons. The SMILES string of the molecule is COCCNCC/C=C(/C)Cc1cccc(Cl)c1Cl. The van der Waals surface area contributed by atoms with Gasteiger partial charge in [0.1, 0.15) is 0 Å². The third-order valence-corrected chi connectivity index (χ3v) is 3.66. The Labute approximate surface area is 125 Å². The average Bonchev–Trinajstić information content (AvgIpc) is 2.39. The average molecular weight is 302 g/mol. The van der Waals surface area contributed by atoms with Gasteiger partial charge in [0.25, 0.3) is 0 Å². The number of benzene rings is 1. The van der Waals surface area contributed by atoms with E-state index in [0.29, 0.717) is 10.0 Å². The summed E-state index contributed by atoms with van der Waals surface area (Å²) in [6, 6.07) is 5.76. The lowest BCUT2D eigenvalue weighted by Gasteiger charge is -2.06. The Morgan fingerprint density at radius 1 is 1.32 bits per heavy atom. The maximum absolute atomic E-state index is 6.17. The van der Waals surface area contributed by atoms with E-state index in [4.69, 9.17) is 27.9 Å². The second-order valence-corrected chi connectivity index (χ2v) is 5.26. The monoisotopic (exact) mass is 301 g/mol. The van der Waals surface area contributed by atoms with Crippen molar-refractivity contribution in [2.24, 2.45) is 0 Å². The minimum Gasteiger partial charge on any atom is -0.383 e. The van der Waals surface area contributed by atoms with E-state index < -0.39 is 0 Å². The van der Waals surface area contributed by atoms with Gasteiger partial charge in [-0.3, -0.25) is 0 Å². The summed E-state index contributed by atoms with van der Waals surface area (Å²) in [5.74, 6) is 0. The van der Waals surface area contributed by atoms with Crippen LogP contribution in [0, 0.1) is 0 Å². The smallest absolute Gasteiger partial charge is 0.0627 e. The van der Waals surface area contributed by atoms with Crippen molar-refractivity contribution >= 4 is 23.2 Å². The molecule has 0 aliphatic rings. The minimum absolute atomic E-state index is 0.619. The summed E-state index contributed by atoms with van der Waals surface area (Å²) in [5, 5.41) is 4.59. The van der Waals surface area contributed by atoms with Gasteiger partial charge >= 0.3 is 0 Å². The molecule has 0 unspecified atom stereocenters. The summed E-state index contributed by atoms with van der Waals surface area (Å²) >= 11 is 12.2. The Morgan fingerprint density at radius 2 is 2.11 bits per heavy atom. The van der Waals surface area contributed by atoms with E-state index in [9.17, 15) is 0 Å². The minimum atomic E-state index is 0.619. The van der Waals surface area contributed by atoms with Crippen LogP contribution >= 0.6 is 23.2 Å². The molecular weight excluding hydrogens is 281 g/mol. The molecule has 0 saturated carbocycles. The van der Waals surface area contributed by atoms with Crippen molar-refractivity contribution in [3.05, 3.63) is 45.5 Å². The van der Waals surface area contributed by atoms with Crippen molar-refractivity contribution in [2.45, 2.75) is 19.8 Å². The van der Waals surface area contributed by atoms with Crippen LogP contribution in [0.25, 0.3) is 0 Å². The van der Waals surface area contributed by atoms with Gasteiger partial charge in [0.2, 0.25) is 0 Å². The molecule has 0 spiro atoms. The van der Waals surface area contributed by atoms with Crippen LogP contribution in [-0.2, 0) is 11.2 Å². The first-order chi connectivity index (χ1) is 9.15. The van der Waals surface area contributed by atoms with Crippen LogP contribution in [-0.4, -0.2) is 26.8 Å². The molecule has 1 N–H and O–H groups in total. The standard InChI is InChI=1S/C15H21Cl2NO/c1-12(5-4-8-18-9-10-19-2)11-13-6-3-7-14(16)15(13)17/h3,5-7,18H,4,8-11H2,1-2H3/b12-5-. The molecule has 0 heterocycles. The molecule has 0 radical (unpaired) electrons. The molecule has 1 aromatic rings. The fourth-order valence-electron chi connectivity index (χ4n) is 1.78. The van der Waals surface area contributed by atoms with E-state index in [0.717, 1.165) is 38.1 Å². The van der Waals surface area contributed by atoms with Crippen LogP contribution < -0.4 is 5.32 Å². The molecule has 0 aliphatic heterocycles. The van der Waals surface area contributed by atoms with Gasteiger partial charge in [-0.1, -0.05) is 47.0 Å². The number of methoxy groups -OCH3 is 1. The quantitative estimate of drug-likeness (QED) is 0.576. The molecule has 4 heteroatoms. The summed E-state index contributed by atoms with van der Waals surface area (Å²) < 4.78 is 4.97. The Kier molecular flexibility index (Phi) is 8.15. The van der Waals surface area contributed by atoms with Gasteiger partial charge in [-0.05, 0) is 37.9 Å². The first kappa shape index (κ1) is 16.5. The Hall–Kier alpha value is -0.540. The zero-order chi connectivity index (χ0) is 14.1. The van der Waals surface area contributed by atoms with Crippen LogP contribution in [0.1, 0.15) is 18.9 Å². The van der Waals surface area contributed by atoms with Crippen molar-refractivity contribution < 1.29 is 4.74 Å². The van der Waals surface area contributed by atoms with Gasteiger partial charge in [-0.15, -0.1) is 0 Å². The molecule has 0 atom stereocenters. The molecule has 19 heavy (non-hydrogen) atoms. The van der Waals surface area contributed by atoms with Crippen molar-refractivity contribution in [1.29, 1.82) is 0 Å². The summed E-state index contributed by atoms with van der Waals surface area (Å²) in [7, 11) is 1.71. The van der Waals surface area contributed by atoms with Crippen molar-refractivity contribution in [3.63, 3.8) is 0 Å². The van der Waals surface area contributed by atoms with E-state index in [1.165, 1.54) is 5.57 Å². The number of nitrogens with one attached hydrogen (secondary N) is 1. The lowest BCUT2D eigenvalue weighted by Crippen LogP contribution is -2.19. The normalized spacial score (nSPS) is 11.9. The van der Waals surface area contributed by atoms with E-state index in [1.807, 2.05) is 18.2 Å². The highest BCUT2D eigenvalue weighted by Gasteiger charge is 2.04. The van der Waals surface area contributed by atoms with Gasteiger partial charge in [0.15, 0.2) is 0 Å². The Morgan fingerprint density at radius 3 is 2.84 bits per heavy atom. The Bertz CT molecular complexity index is 419. The van der Waals surface area contributed by atoms with Gasteiger partial charge in [0, 0.05) is 13.7 Å². The summed E-state index contributed by atoms with van der Waals surface area (Å²) in [6.07, 6.45) is 4.09. The highest BCUT2D eigenvalue weighted by molar-refractivity contribution is 6.42. The number of hydrogen-bond acceptors (Lipinski definition) is 2. The van der Waals surface area contributed by atoms with E-state index in [2.05, 4.69) is 18.3 Å². The number of ether oxygens (including phenoxy) is 1. The van der Waals surface area contributed by atoms with E-state index in [-0.39, 0.29) is 0 Å². The van der Waals surface area contributed by atoms with Crippen LogP contribution in [0.4, 0.5) is 0 Å². The molecule has 2 nitrogen and oxygen atoms in total. The zero-order valence-corrected chi connectivity index (χ0v) is 13.0. The molecule has 0 fully saturated rings. The van der Waals surface area contributed by atoms with Gasteiger partial charge < -0.3 is 10.1 Å². The predicted molar refractivity (Wildman–Crippen MR) is 83.3 cm³/mol. The van der Waals surface area contributed by atoms with Crippen LogP contribution in [0.15, 0.2) is 29.8 Å². The highest BCUT2D eigenvalue weighted by atomic mass is 35.5. The fraction of sp³-hybridized carbons (Fsp3) is 0.467. The maximum atomic E-state index is 6.17. The second kappa shape index (κ2) is 9.38. The van der Waals surface area contributed by atoms with Crippen LogP contribution in [0.2, 0.25) is 10.0 Å². The van der Waals surface area contributed by atoms with Gasteiger partial charge in [0.05, 0.1) is 16.7 Å². The van der Waals surface area contributed by atoms with E-state index >= 15 is 0 Å². The lowest BCUT2D eigenvalue weighted by atomic mass is 10.1. The second-order valence-electron chi connectivity index (χ2n) is 4.47. The largest absolute Gasteiger partial charge is 0.383 e. The molecule has 0 aromatic heterocycles. The molecular formula is C15H21Cl2NO.